The van der Waals surface area contributed by atoms with Crippen LogP contribution in [0.15, 0.2) is 42.5 Å². The highest BCUT2D eigenvalue weighted by Crippen LogP contribution is 2.43. The molecular weight excluding hydrogens is 338 g/mol. The lowest BCUT2D eigenvalue weighted by atomic mass is 9.78. The van der Waals surface area contributed by atoms with Crippen molar-refractivity contribution in [3.8, 4) is 11.5 Å². The maximum atomic E-state index is 13.2. The lowest BCUT2D eigenvalue weighted by molar-refractivity contribution is -0.121. The number of ether oxygens (including phenoxy) is 2. The first-order valence-electron chi connectivity index (χ1n) is 8.65. The Morgan fingerprint density at radius 2 is 1.64 bits per heavy atom. The molecule has 130 valence electrons. The smallest absolute Gasteiger partial charge is 0.235 e. The first kappa shape index (κ1) is 16.3. The highest BCUT2D eigenvalue weighted by Gasteiger charge is 2.42. The summed E-state index contributed by atoms with van der Waals surface area (Å²) in [5.74, 6) is 1.43. The molecule has 0 saturated heterocycles. The summed E-state index contributed by atoms with van der Waals surface area (Å²) < 4.78 is 11.1. The van der Waals surface area contributed by atoms with E-state index in [2.05, 4.69) is 5.32 Å². The molecule has 1 saturated carbocycles. The molecule has 1 fully saturated rings. The van der Waals surface area contributed by atoms with Gasteiger partial charge in [-0.25, -0.2) is 0 Å². The number of hydrogen-bond donors (Lipinski definition) is 1. The highest BCUT2D eigenvalue weighted by atomic mass is 35.5. The molecule has 0 spiro atoms. The van der Waals surface area contributed by atoms with E-state index in [0.717, 1.165) is 42.7 Å². The van der Waals surface area contributed by atoms with Crippen molar-refractivity contribution in [3.05, 3.63) is 53.1 Å². The van der Waals surface area contributed by atoms with E-state index in [9.17, 15) is 4.79 Å². The fourth-order valence-corrected chi connectivity index (χ4v) is 3.89. The van der Waals surface area contributed by atoms with Crippen molar-refractivity contribution in [1.82, 2.24) is 0 Å². The third-order valence-corrected chi connectivity index (χ3v) is 5.34. The normalized spacial score (nSPS) is 18.0. The van der Waals surface area contributed by atoms with Crippen LogP contribution >= 0.6 is 11.6 Å². The molecule has 1 aliphatic carbocycles. The molecule has 2 aromatic carbocycles. The largest absolute Gasteiger partial charge is 0.486 e. The Labute approximate surface area is 152 Å². The molecule has 0 bridgehead atoms. The second kappa shape index (κ2) is 6.60. The molecule has 0 aromatic heterocycles. The number of anilines is 1. The number of hydrogen-bond acceptors (Lipinski definition) is 3. The van der Waals surface area contributed by atoms with Crippen LogP contribution in [0.25, 0.3) is 0 Å². The molecule has 2 aliphatic rings. The zero-order valence-electron chi connectivity index (χ0n) is 13.9. The van der Waals surface area contributed by atoms with E-state index < -0.39 is 5.41 Å². The van der Waals surface area contributed by atoms with Crippen LogP contribution in [0.3, 0.4) is 0 Å². The monoisotopic (exact) mass is 357 g/mol. The van der Waals surface area contributed by atoms with Gasteiger partial charge in [0.25, 0.3) is 0 Å². The molecule has 0 radical (unpaired) electrons. The third-order valence-electron chi connectivity index (χ3n) is 5.09. The number of benzene rings is 2. The second-order valence-electron chi connectivity index (χ2n) is 6.61. The molecule has 0 unspecified atom stereocenters. The van der Waals surface area contributed by atoms with Crippen LogP contribution in [0.5, 0.6) is 11.5 Å². The molecule has 1 N–H and O–H groups in total. The molecule has 2 aromatic rings. The van der Waals surface area contributed by atoms with Crippen LogP contribution in [0.4, 0.5) is 5.69 Å². The number of nitrogens with one attached hydrogen (secondary N) is 1. The summed E-state index contributed by atoms with van der Waals surface area (Å²) in [5.41, 5.74) is 1.27. The number of halogens is 1. The molecule has 1 aliphatic heterocycles. The van der Waals surface area contributed by atoms with Crippen molar-refractivity contribution in [2.45, 2.75) is 31.1 Å². The number of carbonyl (C=O) groups is 1. The van der Waals surface area contributed by atoms with E-state index in [1.807, 2.05) is 42.5 Å². The topological polar surface area (TPSA) is 47.6 Å². The van der Waals surface area contributed by atoms with Gasteiger partial charge in [0.05, 0.1) is 5.41 Å². The number of carbonyl (C=O) groups excluding carboxylic acids is 1. The van der Waals surface area contributed by atoms with Gasteiger partial charge in [0.2, 0.25) is 5.91 Å². The van der Waals surface area contributed by atoms with Gasteiger partial charge in [-0.15, -0.1) is 0 Å². The average molecular weight is 358 g/mol. The van der Waals surface area contributed by atoms with E-state index in [0.29, 0.717) is 24.0 Å². The molecular formula is C20H20ClNO3. The molecule has 1 heterocycles. The lowest BCUT2D eigenvalue weighted by Gasteiger charge is -2.28. The average Bonchev–Trinajstić information content (AvgIpc) is 3.13. The van der Waals surface area contributed by atoms with Crippen LogP contribution in [0.1, 0.15) is 31.2 Å². The summed E-state index contributed by atoms with van der Waals surface area (Å²) in [4.78, 5) is 13.2. The Morgan fingerprint density at radius 3 is 2.36 bits per heavy atom. The fraction of sp³-hybridized carbons (Fsp3) is 0.350. The van der Waals surface area contributed by atoms with Gasteiger partial charge in [-0.1, -0.05) is 36.6 Å². The Hall–Kier alpha value is -2.20. The van der Waals surface area contributed by atoms with E-state index in [1.165, 1.54) is 0 Å². The van der Waals surface area contributed by atoms with E-state index in [1.54, 1.807) is 0 Å². The minimum Gasteiger partial charge on any atom is -0.486 e. The predicted octanol–water partition coefficient (Wildman–Crippen LogP) is 4.56. The summed E-state index contributed by atoms with van der Waals surface area (Å²) in [7, 11) is 0. The van der Waals surface area contributed by atoms with Gasteiger partial charge in [-0.2, -0.15) is 0 Å². The Morgan fingerprint density at radius 1 is 0.960 bits per heavy atom. The van der Waals surface area contributed by atoms with Gasteiger partial charge >= 0.3 is 0 Å². The molecule has 4 rings (SSSR count). The van der Waals surface area contributed by atoms with Crippen LogP contribution in [0, 0.1) is 0 Å². The minimum absolute atomic E-state index is 0.0315. The fourth-order valence-electron chi connectivity index (χ4n) is 3.77. The van der Waals surface area contributed by atoms with Gasteiger partial charge < -0.3 is 14.8 Å². The lowest BCUT2D eigenvalue weighted by Crippen LogP contribution is -2.38. The zero-order chi connectivity index (χ0) is 17.3. The predicted molar refractivity (Wildman–Crippen MR) is 97.7 cm³/mol. The van der Waals surface area contributed by atoms with Crippen molar-refractivity contribution in [2.24, 2.45) is 0 Å². The SMILES string of the molecule is O=C(Nc1ccc2c(c1)OCCO2)C1(c2ccc(Cl)cc2)CCCC1. The number of rotatable bonds is 3. The maximum absolute atomic E-state index is 13.2. The highest BCUT2D eigenvalue weighted by molar-refractivity contribution is 6.30. The zero-order valence-corrected chi connectivity index (χ0v) is 14.6. The summed E-state index contributed by atoms with van der Waals surface area (Å²) in [6, 6.07) is 13.2. The molecule has 1 amide bonds. The van der Waals surface area contributed by atoms with Gasteiger partial charge in [0, 0.05) is 16.8 Å². The summed E-state index contributed by atoms with van der Waals surface area (Å²) >= 11 is 6.01. The molecule has 0 atom stereocenters. The van der Waals surface area contributed by atoms with Crippen molar-refractivity contribution in [2.75, 3.05) is 18.5 Å². The Bertz CT molecular complexity index is 782. The standard InChI is InChI=1S/C20H20ClNO3/c21-15-5-3-14(4-6-15)20(9-1-2-10-20)19(23)22-16-7-8-17-18(13-16)25-12-11-24-17/h3-8,13H,1-2,9-12H2,(H,22,23). The van der Waals surface area contributed by atoms with Gasteiger partial charge in [-0.3, -0.25) is 4.79 Å². The van der Waals surface area contributed by atoms with Crippen molar-refractivity contribution >= 4 is 23.2 Å². The maximum Gasteiger partial charge on any atom is 0.235 e. The van der Waals surface area contributed by atoms with E-state index >= 15 is 0 Å². The molecule has 4 nitrogen and oxygen atoms in total. The van der Waals surface area contributed by atoms with Crippen LogP contribution in [-0.4, -0.2) is 19.1 Å². The van der Waals surface area contributed by atoms with E-state index in [-0.39, 0.29) is 5.91 Å². The second-order valence-corrected chi connectivity index (χ2v) is 7.05. The number of amides is 1. The van der Waals surface area contributed by atoms with Gasteiger partial charge in [0.1, 0.15) is 13.2 Å². The van der Waals surface area contributed by atoms with Crippen molar-refractivity contribution in [3.63, 3.8) is 0 Å². The van der Waals surface area contributed by atoms with Crippen LogP contribution < -0.4 is 14.8 Å². The van der Waals surface area contributed by atoms with Crippen molar-refractivity contribution < 1.29 is 14.3 Å². The first-order chi connectivity index (χ1) is 12.2. The van der Waals surface area contributed by atoms with Gasteiger partial charge in [-0.05, 0) is 42.7 Å². The van der Waals surface area contributed by atoms with Crippen LogP contribution in [-0.2, 0) is 10.2 Å². The number of fused-ring (bicyclic) bond motifs is 1. The third kappa shape index (κ3) is 3.07. The Kier molecular flexibility index (Phi) is 4.30. The molecule has 25 heavy (non-hydrogen) atoms. The summed E-state index contributed by atoms with van der Waals surface area (Å²) in [6.45, 7) is 1.08. The van der Waals surface area contributed by atoms with Crippen LogP contribution in [0.2, 0.25) is 5.02 Å². The minimum atomic E-state index is -0.488. The molecule has 5 heteroatoms. The summed E-state index contributed by atoms with van der Waals surface area (Å²) in [5, 5.41) is 3.76. The quantitative estimate of drug-likeness (QED) is 0.875. The Balaban J connectivity index is 1.60. The van der Waals surface area contributed by atoms with E-state index in [4.69, 9.17) is 21.1 Å². The summed E-state index contributed by atoms with van der Waals surface area (Å²) in [6.07, 6.45) is 3.81. The van der Waals surface area contributed by atoms with Crippen molar-refractivity contribution in [1.29, 1.82) is 0 Å². The van der Waals surface area contributed by atoms with Gasteiger partial charge in [0.15, 0.2) is 11.5 Å². The first-order valence-corrected chi connectivity index (χ1v) is 9.02.